The number of benzene rings is 1. The van der Waals surface area contributed by atoms with E-state index in [9.17, 15) is 9.18 Å². The second-order valence-corrected chi connectivity index (χ2v) is 4.45. The molecule has 0 aliphatic rings. The van der Waals surface area contributed by atoms with Crippen LogP contribution < -0.4 is 5.56 Å². The lowest BCUT2D eigenvalue weighted by Gasteiger charge is -2.05. The summed E-state index contributed by atoms with van der Waals surface area (Å²) in [5.41, 5.74) is 0.0852. The number of nitriles is 1. The van der Waals surface area contributed by atoms with Gasteiger partial charge in [-0.05, 0) is 6.07 Å². The molecule has 1 aromatic carbocycles. The predicted molar refractivity (Wildman–Crippen MR) is 70.8 cm³/mol. The van der Waals surface area contributed by atoms with Gasteiger partial charge in [-0.3, -0.25) is 4.79 Å². The Kier molecular flexibility index (Phi) is 2.95. The van der Waals surface area contributed by atoms with Crippen LogP contribution in [-0.2, 0) is 13.6 Å². The molecule has 0 aliphatic carbocycles. The third-order valence-corrected chi connectivity index (χ3v) is 3.14. The van der Waals surface area contributed by atoms with Crippen LogP contribution in [0.1, 0.15) is 11.1 Å². The quantitative estimate of drug-likeness (QED) is 0.687. The van der Waals surface area contributed by atoms with Crippen LogP contribution in [0.5, 0.6) is 0 Å². The lowest BCUT2D eigenvalue weighted by molar-refractivity contribution is 0.553. The van der Waals surface area contributed by atoms with Gasteiger partial charge in [0.15, 0.2) is 5.65 Å². The molecule has 0 amide bonds. The van der Waals surface area contributed by atoms with E-state index in [0.29, 0.717) is 11.0 Å². The number of hydrogen-bond acceptors (Lipinski definition) is 5. The molecule has 8 heteroatoms. The smallest absolute Gasteiger partial charge is 0.267 e. The molecule has 0 N–H and O–H groups in total. The molecule has 0 bridgehead atoms. The first-order chi connectivity index (χ1) is 10.1. The van der Waals surface area contributed by atoms with Gasteiger partial charge in [-0.1, -0.05) is 17.3 Å². The highest BCUT2D eigenvalue weighted by Crippen LogP contribution is 2.13. The minimum Gasteiger partial charge on any atom is -0.267 e. The highest BCUT2D eigenvalue weighted by molar-refractivity contribution is 5.72. The van der Waals surface area contributed by atoms with Crippen molar-refractivity contribution in [3.8, 4) is 6.07 Å². The molecule has 2 aromatic heterocycles. The summed E-state index contributed by atoms with van der Waals surface area (Å²) in [5.74, 6) is -0.653. The lowest BCUT2D eigenvalue weighted by Crippen LogP contribution is -2.25. The van der Waals surface area contributed by atoms with E-state index in [1.165, 1.54) is 23.0 Å². The SMILES string of the molecule is Cn1ncc2c(=O)n(Cc3cccc(C#N)c3F)nnc21. The number of hydrogen-bond donors (Lipinski definition) is 0. The van der Waals surface area contributed by atoms with Crippen LogP contribution in [0, 0.1) is 17.1 Å². The Morgan fingerprint density at radius 3 is 3.00 bits per heavy atom. The van der Waals surface area contributed by atoms with E-state index in [-0.39, 0.29) is 17.7 Å². The summed E-state index contributed by atoms with van der Waals surface area (Å²) < 4.78 is 16.5. The molecule has 3 rings (SSSR count). The molecular formula is C13H9FN6O. The van der Waals surface area contributed by atoms with E-state index in [2.05, 4.69) is 15.4 Å². The maximum Gasteiger partial charge on any atom is 0.281 e. The Morgan fingerprint density at radius 1 is 1.43 bits per heavy atom. The predicted octanol–water partition coefficient (Wildman–Crippen LogP) is 0.584. The van der Waals surface area contributed by atoms with E-state index in [1.54, 1.807) is 19.2 Å². The van der Waals surface area contributed by atoms with Gasteiger partial charge in [0, 0.05) is 12.6 Å². The third-order valence-electron chi connectivity index (χ3n) is 3.14. The summed E-state index contributed by atoms with van der Waals surface area (Å²) in [7, 11) is 1.65. The zero-order chi connectivity index (χ0) is 15.0. The fourth-order valence-corrected chi connectivity index (χ4v) is 2.03. The van der Waals surface area contributed by atoms with E-state index >= 15 is 0 Å². The first kappa shape index (κ1) is 12.9. The van der Waals surface area contributed by atoms with Crippen molar-refractivity contribution in [1.82, 2.24) is 24.8 Å². The van der Waals surface area contributed by atoms with E-state index in [4.69, 9.17) is 5.26 Å². The molecule has 3 aromatic rings. The van der Waals surface area contributed by atoms with Gasteiger partial charge in [0.1, 0.15) is 17.3 Å². The molecule has 0 atom stereocenters. The Balaban J connectivity index is 2.09. The number of aromatic nitrogens is 5. The average molecular weight is 284 g/mol. The van der Waals surface area contributed by atoms with Crippen molar-refractivity contribution >= 4 is 11.0 Å². The van der Waals surface area contributed by atoms with Gasteiger partial charge in [0.25, 0.3) is 5.56 Å². The fraction of sp³-hybridized carbons (Fsp3) is 0.154. The number of aryl methyl sites for hydroxylation is 1. The van der Waals surface area contributed by atoms with Gasteiger partial charge in [0.05, 0.1) is 18.3 Å². The van der Waals surface area contributed by atoms with Crippen molar-refractivity contribution < 1.29 is 4.39 Å². The second-order valence-electron chi connectivity index (χ2n) is 4.45. The Bertz CT molecular complexity index is 936. The van der Waals surface area contributed by atoms with Gasteiger partial charge in [-0.15, -0.1) is 5.10 Å². The highest BCUT2D eigenvalue weighted by Gasteiger charge is 2.13. The van der Waals surface area contributed by atoms with Gasteiger partial charge in [-0.2, -0.15) is 10.4 Å². The summed E-state index contributed by atoms with van der Waals surface area (Å²) in [6.07, 6.45) is 1.39. The third kappa shape index (κ3) is 2.04. The molecule has 21 heavy (non-hydrogen) atoms. The zero-order valence-electron chi connectivity index (χ0n) is 11.0. The number of halogens is 1. The summed E-state index contributed by atoms with van der Waals surface area (Å²) in [6, 6.07) is 6.18. The van der Waals surface area contributed by atoms with Crippen molar-refractivity contribution in [3.05, 3.63) is 51.7 Å². The molecule has 104 valence electrons. The zero-order valence-corrected chi connectivity index (χ0v) is 11.0. The minimum atomic E-state index is -0.653. The molecular weight excluding hydrogens is 275 g/mol. The van der Waals surface area contributed by atoms with E-state index < -0.39 is 11.4 Å². The fourth-order valence-electron chi connectivity index (χ4n) is 2.03. The summed E-state index contributed by atoms with van der Waals surface area (Å²) in [6.45, 7) is -0.0992. The molecule has 2 heterocycles. The second kappa shape index (κ2) is 4.79. The molecule has 0 fully saturated rings. The van der Waals surface area contributed by atoms with Crippen LogP contribution >= 0.6 is 0 Å². The van der Waals surface area contributed by atoms with Crippen LogP contribution in [0.4, 0.5) is 4.39 Å². The Morgan fingerprint density at radius 2 is 2.24 bits per heavy atom. The maximum atomic E-state index is 14.0. The molecule has 0 radical (unpaired) electrons. The maximum absolute atomic E-state index is 14.0. The molecule has 0 aliphatic heterocycles. The molecule has 0 unspecified atom stereocenters. The Hall–Kier alpha value is -3.08. The monoisotopic (exact) mass is 284 g/mol. The van der Waals surface area contributed by atoms with E-state index in [0.717, 1.165) is 4.68 Å². The average Bonchev–Trinajstić information content (AvgIpc) is 2.86. The highest BCUT2D eigenvalue weighted by atomic mass is 19.1. The number of nitrogens with zero attached hydrogens (tertiary/aromatic N) is 6. The number of rotatable bonds is 2. The van der Waals surface area contributed by atoms with Crippen molar-refractivity contribution in [3.63, 3.8) is 0 Å². The van der Waals surface area contributed by atoms with Gasteiger partial charge in [-0.25, -0.2) is 13.8 Å². The standard InChI is InChI=1S/C13H9FN6O/c1-19-12-10(6-16-19)13(21)20(18-17-12)7-9-4-2-3-8(5-15)11(9)14/h2-4,6H,7H2,1H3. The van der Waals surface area contributed by atoms with Gasteiger partial charge >= 0.3 is 0 Å². The lowest BCUT2D eigenvalue weighted by atomic mass is 10.1. The van der Waals surface area contributed by atoms with Crippen molar-refractivity contribution in [1.29, 1.82) is 5.26 Å². The molecule has 0 saturated carbocycles. The van der Waals surface area contributed by atoms with Crippen LogP contribution in [0.25, 0.3) is 11.0 Å². The summed E-state index contributed by atoms with van der Waals surface area (Å²) in [5, 5.41) is 20.7. The van der Waals surface area contributed by atoms with Gasteiger partial charge < -0.3 is 0 Å². The van der Waals surface area contributed by atoms with Crippen molar-refractivity contribution in [2.24, 2.45) is 7.05 Å². The first-order valence-electron chi connectivity index (χ1n) is 6.05. The summed E-state index contributed by atoms with van der Waals surface area (Å²) in [4.78, 5) is 12.2. The van der Waals surface area contributed by atoms with Crippen LogP contribution in [0.2, 0.25) is 0 Å². The summed E-state index contributed by atoms with van der Waals surface area (Å²) >= 11 is 0. The normalized spacial score (nSPS) is 10.7. The first-order valence-corrected chi connectivity index (χ1v) is 6.05. The molecule has 7 nitrogen and oxygen atoms in total. The largest absolute Gasteiger partial charge is 0.281 e. The van der Waals surface area contributed by atoms with Crippen LogP contribution in [0.3, 0.4) is 0 Å². The molecule has 0 spiro atoms. The van der Waals surface area contributed by atoms with E-state index in [1.807, 2.05) is 0 Å². The van der Waals surface area contributed by atoms with Crippen molar-refractivity contribution in [2.75, 3.05) is 0 Å². The number of fused-ring (bicyclic) bond motifs is 1. The Labute approximate surface area is 117 Å². The van der Waals surface area contributed by atoms with Crippen LogP contribution in [0.15, 0.2) is 29.2 Å². The molecule has 0 saturated heterocycles. The topological polar surface area (TPSA) is 89.4 Å². The van der Waals surface area contributed by atoms with Crippen molar-refractivity contribution in [2.45, 2.75) is 6.54 Å². The van der Waals surface area contributed by atoms with Crippen LogP contribution in [-0.4, -0.2) is 24.8 Å². The van der Waals surface area contributed by atoms with Gasteiger partial charge in [0.2, 0.25) is 0 Å². The minimum absolute atomic E-state index is 0.0732.